The Morgan fingerprint density at radius 1 is 1.56 bits per heavy atom. The fourth-order valence-corrected chi connectivity index (χ4v) is 1.28. The predicted octanol–water partition coefficient (Wildman–Crippen LogP) is -0.0972. The summed E-state index contributed by atoms with van der Waals surface area (Å²) < 4.78 is 5.78. The number of carbonyl (C=O) groups excluding carboxylic acids is 1. The number of hydrogen-bond acceptors (Lipinski definition) is 7. The van der Waals surface area contributed by atoms with E-state index in [1.807, 2.05) is 0 Å². The van der Waals surface area contributed by atoms with Gasteiger partial charge in [0, 0.05) is 0 Å². The number of methoxy groups -OCH3 is 1. The Hall–Kier alpha value is -2.95. The van der Waals surface area contributed by atoms with Crippen LogP contribution in [0.5, 0.6) is 0 Å². The summed E-state index contributed by atoms with van der Waals surface area (Å²) in [4.78, 5) is 19.1. The van der Waals surface area contributed by atoms with Gasteiger partial charge in [0.2, 0.25) is 0 Å². The molecule has 18 heavy (non-hydrogen) atoms. The van der Waals surface area contributed by atoms with E-state index < -0.39 is 5.97 Å². The molecule has 2 N–H and O–H groups in total. The van der Waals surface area contributed by atoms with Crippen LogP contribution < -0.4 is 5.73 Å². The van der Waals surface area contributed by atoms with Crippen molar-refractivity contribution >= 4 is 11.7 Å². The first kappa shape index (κ1) is 11.5. The third-order valence-corrected chi connectivity index (χ3v) is 2.11. The molecule has 0 aliphatic carbocycles. The van der Waals surface area contributed by atoms with Gasteiger partial charge in [-0.2, -0.15) is 9.94 Å². The van der Waals surface area contributed by atoms with Crippen LogP contribution in [0.4, 0.5) is 5.69 Å². The highest BCUT2D eigenvalue weighted by Crippen LogP contribution is 2.14. The fraction of sp³-hybridized carbons (Fsp3) is 0.100. The average molecular weight is 244 g/mol. The normalized spacial score (nSPS) is 9.78. The first-order valence-electron chi connectivity index (χ1n) is 4.82. The summed E-state index contributed by atoms with van der Waals surface area (Å²) in [5.41, 5.74) is 6.12. The van der Waals surface area contributed by atoms with E-state index in [4.69, 9.17) is 11.0 Å². The first-order valence-corrected chi connectivity index (χ1v) is 4.82. The van der Waals surface area contributed by atoms with Crippen LogP contribution >= 0.6 is 0 Å². The minimum absolute atomic E-state index is 0.0142. The second-order valence-electron chi connectivity index (χ2n) is 3.23. The summed E-state index contributed by atoms with van der Waals surface area (Å²) >= 11 is 0. The molecule has 8 heteroatoms. The van der Waals surface area contributed by atoms with Crippen LogP contribution in [0.3, 0.4) is 0 Å². The predicted molar refractivity (Wildman–Crippen MR) is 59.6 cm³/mol. The number of anilines is 1. The highest BCUT2D eigenvalue weighted by atomic mass is 16.5. The maximum atomic E-state index is 11.3. The summed E-state index contributed by atoms with van der Waals surface area (Å²) in [6, 6.07) is 4.72. The summed E-state index contributed by atoms with van der Waals surface area (Å²) in [6.45, 7) is 0. The van der Waals surface area contributed by atoms with Crippen LogP contribution in [0, 0.1) is 11.3 Å². The van der Waals surface area contributed by atoms with Crippen LogP contribution in [0.15, 0.2) is 18.5 Å². The van der Waals surface area contributed by atoms with Gasteiger partial charge in [-0.1, -0.05) is 0 Å². The quantitative estimate of drug-likeness (QED) is 0.732. The van der Waals surface area contributed by atoms with Crippen molar-refractivity contribution in [2.24, 2.45) is 0 Å². The summed E-state index contributed by atoms with van der Waals surface area (Å²) in [6.07, 6.45) is 1.29. The van der Waals surface area contributed by atoms with Gasteiger partial charge in [0.15, 0.2) is 11.5 Å². The number of aromatic nitrogens is 4. The molecule has 0 radical (unpaired) electrons. The molecule has 0 amide bonds. The van der Waals surface area contributed by atoms with Gasteiger partial charge in [0.25, 0.3) is 5.82 Å². The number of pyridine rings is 1. The summed E-state index contributed by atoms with van der Waals surface area (Å²) in [5.74, 6) is -0.386. The number of nitrogens with zero attached hydrogens (tertiary/aromatic N) is 5. The molecule has 8 nitrogen and oxygen atoms in total. The molecule has 2 heterocycles. The molecule has 0 saturated carbocycles. The zero-order chi connectivity index (χ0) is 13.1. The smallest absolute Gasteiger partial charge is 0.356 e. The standard InChI is InChI=1S/C10H8N6O2/c1-18-10(17)7-3-2-6(12)9(14-7)16-5-13-8(4-11)15-16/h2-3,5H,12H2,1H3. The van der Waals surface area contributed by atoms with Crippen molar-refractivity contribution in [1.82, 2.24) is 19.7 Å². The van der Waals surface area contributed by atoms with E-state index in [9.17, 15) is 4.79 Å². The Bertz CT molecular complexity index is 642. The molecule has 90 valence electrons. The van der Waals surface area contributed by atoms with Crippen molar-refractivity contribution in [1.29, 1.82) is 5.26 Å². The van der Waals surface area contributed by atoms with Crippen LogP contribution in [0.25, 0.3) is 5.82 Å². The lowest BCUT2D eigenvalue weighted by Crippen LogP contribution is -2.10. The molecule has 0 saturated heterocycles. The third kappa shape index (κ3) is 1.97. The Kier molecular flexibility index (Phi) is 2.89. The van der Waals surface area contributed by atoms with Gasteiger partial charge in [0.1, 0.15) is 12.4 Å². The van der Waals surface area contributed by atoms with E-state index in [0.717, 1.165) is 0 Å². The molecule has 0 aromatic carbocycles. The first-order chi connectivity index (χ1) is 8.65. The number of nitriles is 1. The second-order valence-corrected chi connectivity index (χ2v) is 3.23. The van der Waals surface area contributed by atoms with Crippen LogP contribution in [-0.2, 0) is 4.74 Å². The van der Waals surface area contributed by atoms with Crippen molar-refractivity contribution in [2.45, 2.75) is 0 Å². The SMILES string of the molecule is COC(=O)c1ccc(N)c(-n2cnc(C#N)n2)n1. The Morgan fingerprint density at radius 3 is 2.94 bits per heavy atom. The molecule has 2 rings (SSSR count). The zero-order valence-corrected chi connectivity index (χ0v) is 9.36. The summed E-state index contributed by atoms with van der Waals surface area (Å²) in [7, 11) is 1.25. The van der Waals surface area contributed by atoms with Crippen molar-refractivity contribution in [3.05, 3.63) is 30.0 Å². The van der Waals surface area contributed by atoms with Gasteiger partial charge >= 0.3 is 5.97 Å². The number of nitrogens with two attached hydrogens (primary N) is 1. The average Bonchev–Trinajstić information content (AvgIpc) is 2.87. The molecule has 0 unspecified atom stereocenters. The van der Waals surface area contributed by atoms with E-state index in [1.54, 1.807) is 6.07 Å². The van der Waals surface area contributed by atoms with Crippen LogP contribution in [0.1, 0.15) is 16.3 Å². The Balaban J connectivity index is 2.50. The number of rotatable bonds is 2. The van der Waals surface area contributed by atoms with Gasteiger partial charge in [0.05, 0.1) is 12.8 Å². The maximum Gasteiger partial charge on any atom is 0.356 e. The van der Waals surface area contributed by atoms with Gasteiger partial charge in [-0.25, -0.2) is 14.8 Å². The monoisotopic (exact) mass is 244 g/mol. The fourth-order valence-electron chi connectivity index (χ4n) is 1.28. The molecule has 0 bridgehead atoms. The van der Waals surface area contributed by atoms with E-state index in [2.05, 4.69) is 19.8 Å². The third-order valence-electron chi connectivity index (χ3n) is 2.11. The van der Waals surface area contributed by atoms with Gasteiger partial charge in [-0.05, 0) is 12.1 Å². The zero-order valence-electron chi connectivity index (χ0n) is 9.36. The lowest BCUT2D eigenvalue weighted by molar-refractivity contribution is 0.0594. The molecule has 0 aliphatic rings. The van der Waals surface area contributed by atoms with Gasteiger partial charge in [-0.15, -0.1) is 5.10 Å². The number of hydrogen-bond donors (Lipinski definition) is 1. The minimum Gasteiger partial charge on any atom is -0.464 e. The van der Waals surface area contributed by atoms with Gasteiger partial charge < -0.3 is 10.5 Å². The van der Waals surface area contributed by atoms with E-state index in [-0.39, 0.29) is 17.3 Å². The highest BCUT2D eigenvalue weighted by Gasteiger charge is 2.13. The van der Waals surface area contributed by atoms with Crippen LogP contribution in [-0.4, -0.2) is 32.8 Å². The number of carbonyl (C=O) groups is 1. The molecule has 0 atom stereocenters. The lowest BCUT2D eigenvalue weighted by Gasteiger charge is -2.05. The minimum atomic E-state index is -0.586. The highest BCUT2D eigenvalue weighted by molar-refractivity contribution is 5.87. The van der Waals surface area contributed by atoms with Crippen molar-refractivity contribution < 1.29 is 9.53 Å². The van der Waals surface area contributed by atoms with Crippen LogP contribution in [0.2, 0.25) is 0 Å². The lowest BCUT2D eigenvalue weighted by atomic mass is 10.3. The number of esters is 1. The van der Waals surface area contributed by atoms with Crippen molar-refractivity contribution in [2.75, 3.05) is 12.8 Å². The molecule has 0 spiro atoms. The number of nitrogen functional groups attached to an aromatic ring is 1. The van der Waals surface area contributed by atoms with Gasteiger partial charge in [-0.3, -0.25) is 0 Å². The maximum absolute atomic E-state index is 11.3. The molecule has 2 aromatic heterocycles. The second kappa shape index (κ2) is 4.50. The topological polar surface area (TPSA) is 120 Å². The molecular weight excluding hydrogens is 236 g/mol. The van der Waals surface area contributed by atoms with E-state index in [0.29, 0.717) is 5.69 Å². The Labute approximate surface area is 102 Å². The molecule has 2 aromatic rings. The molecule has 0 aliphatic heterocycles. The Morgan fingerprint density at radius 2 is 2.33 bits per heavy atom. The summed E-state index contributed by atoms with van der Waals surface area (Å²) in [5, 5.41) is 12.5. The van der Waals surface area contributed by atoms with Crippen molar-refractivity contribution in [3.63, 3.8) is 0 Å². The van der Waals surface area contributed by atoms with Crippen molar-refractivity contribution in [3.8, 4) is 11.9 Å². The number of ether oxygens (including phenoxy) is 1. The molecular formula is C10H8N6O2. The van der Waals surface area contributed by atoms with E-state index >= 15 is 0 Å². The largest absolute Gasteiger partial charge is 0.464 e. The molecule has 0 fully saturated rings. The van der Waals surface area contributed by atoms with E-state index in [1.165, 1.54) is 30.3 Å².